The lowest BCUT2D eigenvalue weighted by Gasteiger charge is -2.31. The van der Waals surface area contributed by atoms with E-state index in [-0.39, 0.29) is 24.9 Å². The van der Waals surface area contributed by atoms with Crippen LogP contribution < -0.4 is 11.1 Å². The maximum atomic E-state index is 13.0. The number of nitrogens with zero attached hydrogens (tertiary/aromatic N) is 1. The highest BCUT2D eigenvalue weighted by Crippen LogP contribution is 2.27. The summed E-state index contributed by atoms with van der Waals surface area (Å²) in [5.74, 6) is -1.02. The molecule has 8 heteroatoms. The van der Waals surface area contributed by atoms with Crippen molar-refractivity contribution < 1.29 is 18.0 Å². The number of piperidine rings is 1. The molecule has 1 fully saturated rings. The molecule has 2 aromatic rings. The van der Waals surface area contributed by atoms with Crippen molar-refractivity contribution in [3.63, 3.8) is 0 Å². The SMILES string of the molecule is Cc1ccc(S(=O)(=O)N2CCC(C(=O)Nc3cccc(C(N)=O)c3C)CC2)c(C)c1. The predicted molar refractivity (Wildman–Crippen MR) is 116 cm³/mol. The number of primary amides is 1. The number of nitrogens with one attached hydrogen (secondary N) is 1. The van der Waals surface area contributed by atoms with E-state index in [1.54, 1.807) is 44.2 Å². The molecule has 0 aromatic heterocycles. The molecule has 0 radical (unpaired) electrons. The van der Waals surface area contributed by atoms with Gasteiger partial charge < -0.3 is 11.1 Å². The molecule has 2 aromatic carbocycles. The Balaban J connectivity index is 1.67. The minimum atomic E-state index is -3.59. The van der Waals surface area contributed by atoms with Gasteiger partial charge in [0, 0.05) is 30.3 Å². The van der Waals surface area contributed by atoms with Gasteiger partial charge in [0.15, 0.2) is 0 Å². The summed E-state index contributed by atoms with van der Waals surface area (Å²) in [5, 5.41) is 2.86. The lowest BCUT2D eigenvalue weighted by atomic mass is 9.96. The molecule has 1 aliphatic rings. The van der Waals surface area contributed by atoms with E-state index < -0.39 is 15.9 Å². The summed E-state index contributed by atoms with van der Waals surface area (Å²) in [6, 6.07) is 10.3. The largest absolute Gasteiger partial charge is 0.366 e. The van der Waals surface area contributed by atoms with Gasteiger partial charge in [0.25, 0.3) is 0 Å². The van der Waals surface area contributed by atoms with Gasteiger partial charge in [0.2, 0.25) is 21.8 Å². The molecule has 0 saturated carbocycles. The standard InChI is InChI=1S/C22H27N3O4S/c1-14-7-8-20(15(2)13-14)30(28,29)25-11-9-17(10-12-25)22(27)24-19-6-4-5-18(16(19)3)21(23)26/h4-8,13,17H,9-12H2,1-3H3,(H2,23,26)(H,24,27). The van der Waals surface area contributed by atoms with Crippen LogP contribution in [0.2, 0.25) is 0 Å². The van der Waals surface area contributed by atoms with Gasteiger partial charge in [-0.1, -0.05) is 23.8 Å². The van der Waals surface area contributed by atoms with E-state index in [2.05, 4.69) is 5.32 Å². The highest BCUT2D eigenvalue weighted by Gasteiger charge is 2.33. The Morgan fingerprint density at radius 1 is 1.07 bits per heavy atom. The van der Waals surface area contributed by atoms with E-state index in [9.17, 15) is 18.0 Å². The van der Waals surface area contributed by atoms with Gasteiger partial charge in [-0.15, -0.1) is 0 Å². The highest BCUT2D eigenvalue weighted by atomic mass is 32.2. The topological polar surface area (TPSA) is 110 Å². The zero-order chi connectivity index (χ0) is 22.1. The molecule has 1 heterocycles. The van der Waals surface area contributed by atoms with Crippen molar-refractivity contribution in [3.8, 4) is 0 Å². The molecule has 30 heavy (non-hydrogen) atoms. The molecule has 0 atom stereocenters. The molecule has 1 saturated heterocycles. The number of hydrogen-bond donors (Lipinski definition) is 2. The molecule has 0 bridgehead atoms. The Bertz CT molecular complexity index is 1090. The number of sulfonamides is 1. The molecule has 1 aliphatic heterocycles. The van der Waals surface area contributed by atoms with Crippen LogP contribution >= 0.6 is 0 Å². The zero-order valence-corrected chi connectivity index (χ0v) is 18.3. The molecule has 160 valence electrons. The summed E-state index contributed by atoms with van der Waals surface area (Å²) in [5.41, 5.74) is 8.62. The molecule has 3 N–H and O–H groups in total. The van der Waals surface area contributed by atoms with Crippen LogP contribution in [0.4, 0.5) is 5.69 Å². The third kappa shape index (κ3) is 4.39. The molecule has 0 spiro atoms. The van der Waals surface area contributed by atoms with Gasteiger partial charge in [-0.3, -0.25) is 9.59 Å². The van der Waals surface area contributed by atoms with Crippen molar-refractivity contribution >= 4 is 27.5 Å². The number of carbonyl (C=O) groups is 2. The second kappa shape index (κ2) is 8.57. The van der Waals surface area contributed by atoms with Gasteiger partial charge in [0.1, 0.15) is 0 Å². The third-order valence-electron chi connectivity index (χ3n) is 5.63. The minimum absolute atomic E-state index is 0.178. The van der Waals surface area contributed by atoms with Crippen LogP contribution in [0.15, 0.2) is 41.3 Å². The van der Waals surface area contributed by atoms with Crippen LogP contribution in [0.1, 0.15) is 39.9 Å². The second-order valence-corrected chi connectivity index (χ2v) is 9.69. The number of aryl methyl sites for hydroxylation is 2. The van der Waals surface area contributed by atoms with Gasteiger partial charge >= 0.3 is 0 Å². The van der Waals surface area contributed by atoms with Crippen LogP contribution in [0, 0.1) is 26.7 Å². The Morgan fingerprint density at radius 2 is 1.73 bits per heavy atom. The highest BCUT2D eigenvalue weighted by molar-refractivity contribution is 7.89. The Labute approximate surface area is 177 Å². The number of carbonyl (C=O) groups excluding carboxylic acids is 2. The van der Waals surface area contributed by atoms with E-state index in [1.807, 2.05) is 13.0 Å². The number of benzene rings is 2. The maximum Gasteiger partial charge on any atom is 0.249 e. The molecule has 2 amide bonds. The van der Waals surface area contributed by atoms with Crippen LogP contribution in [0.5, 0.6) is 0 Å². The Kier molecular flexibility index (Phi) is 6.28. The summed E-state index contributed by atoms with van der Waals surface area (Å²) in [7, 11) is -3.59. The maximum absolute atomic E-state index is 13.0. The first-order chi connectivity index (χ1) is 14.1. The van der Waals surface area contributed by atoms with Gasteiger partial charge in [0.05, 0.1) is 4.90 Å². The number of rotatable bonds is 5. The molecular weight excluding hydrogens is 402 g/mol. The first-order valence-corrected chi connectivity index (χ1v) is 11.3. The third-order valence-corrected chi connectivity index (χ3v) is 7.69. The molecule has 0 aliphatic carbocycles. The van der Waals surface area contributed by atoms with Crippen LogP contribution in [-0.2, 0) is 14.8 Å². The average Bonchev–Trinajstić information content (AvgIpc) is 2.69. The van der Waals surface area contributed by atoms with Crippen molar-refractivity contribution in [2.45, 2.75) is 38.5 Å². The van der Waals surface area contributed by atoms with Crippen molar-refractivity contribution in [1.29, 1.82) is 0 Å². The van der Waals surface area contributed by atoms with Crippen molar-refractivity contribution in [1.82, 2.24) is 4.31 Å². The second-order valence-electron chi connectivity index (χ2n) is 7.78. The fourth-order valence-corrected chi connectivity index (χ4v) is 5.53. The number of amides is 2. The fourth-order valence-electron chi connectivity index (χ4n) is 3.86. The average molecular weight is 430 g/mol. The van der Waals surface area contributed by atoms with Gasteiger partial charge in [-0.05, 0) is 62.9 Å². The van der Waals surface area contributed by atoms with E-state index in [0.717, 1.165) is 11.1 Å². The summed E-state index contributed by atoms with van der Waals surface area (Å²) < 4.78 is 27.5. The monoisotopic (exact) mass is 429 g/mol. The summed E-state index contributed by atoms with van der Waals surface area (Å²) in [6.45, 7) is 6.02. The van der Waals surface area contributed by atoms with Gasteiger partial charge in [-0.2, -0.15) is 4.31 Å². The van der Waals surface area contributed by atoms with Crippen molar-refractivity contribution in [3.05, 3.63) is 58.7 Å². The van der Waals surface area contributed by atoms with E-state index in [4.69, 9.17) is 5.73 Å². The molecule has 7 nitrogen and oxygen atoms in total. The smallest absolute Gasteiger partial charge is 0.249 e. The van der Waals surface area contributed by atoms with Crippen molar-refractivity contribution in [2.75, 3.05) is 18.4 Å². The fraction of sp³-hybridized carbons (Fsp3) is 0.364. The number of anilines is 1. The first-order valence-electron chi connectivity index (χ1n) is 9.89. The zero-order valence-electron chi connectivity index (χ0n) is 17.4. The Hall–Kier alpha value is -2.71. The molecule has 0 unspecified atom stereocenters. The summed E-state index contributed by atoms with van der Waals surface area (Å²) in [6.07, 6.45) is 0.870. The predicted octanol–water partition coefficient (Wildman–Crippen LogP) is 2.75. The minimum Gasteiger partial charge on any atom is -0.366 e. The lowest BCUT2D eigenvalue weighted by molar-refractivity contribution is -0.120. The number of hydrogen-bond acceptors (Lipinski definition) is 4. The first kappa shape index (κ1) is 22.0. The van der Waals surface area contributed by atoms with Crippen molar-refractivity contribution in [2.24, 2.45) is 11.7 Å². The Morgan fingerprint density at radius 3 is 2.33 bits per heavy atom. The molecule has 3 rings (SSSR count). The van der Waals surface area contributed by atoms with Crippen LogP contribution in [0.25, 0.3) is 0 Å². The normalized spacial score (nSPS) is 15.7. The van der Waals surface area contributed by atoms with E-state index in [0.29, 0.717) is 34.6 Å². The summed E-state index contributed by atoms with van der Waals surface area (Å²) >= 11 is 0. The van der Waals surface area contributed by atoms with Crippen LogP contribution in [0.3, 0.4) is 0 Å². The number of nitrogens with two attached hydrogens (primary N) is 1. The summed E-state index contributed by atoms with van der Waals surface area (Å²) in [4.78, 5) is 24.5. The van der Waals surface area contributed by atoms with Gasteiger partial charge in [-0.25, -0.2) is 8.42 Å². The van der Waals surface area contributed by atoms with Crippen LogP contribution in [-0.4, -0.2) is 37.6 Å². The van der Waals surface area contributed by atoms with E-state index in [1.165, 1.54) is 4.31 Å². The lowest BCUT2D eigenvalue weighted by Crippen LogP contribution is -2.41. The van der Waals surface area contributed by atoms with E-state index >= 15 is 0 Å². The molecular formula is C22H27N3O4S. The quantitative estimate of drug-likeness (QED) is 0.761.